The number of amides is 1. The average molecular weight is 256 g/mol. The van der Waals surface area contributed by atoms with Crippen LogP contribution < -0.4 is 10.6 Å². The molecule has 4 nitrogen and oxygen atoms in total. The number of carbonyl (C=O) groups is 1. The standard InChI is InChI=1S/C14H28N2O2/c1-12-7-4-3-5-8-13(12)16-11-14(17)15-9-6-10-18-2/h12-13,16H,3-11H2,1-2H3,(H,15,17). The van der Waals surface area contributed by atoms with Crippen molar-refractivity contribution in [1.29, 1.82) is 0 Å². The van der Waals surface area contributed by atoms with Crippen LogP contribution in [0.25, 0.3) is 0 Å². The lowest BCUT2D eigenvalue weighted by molar-refractivity contribution is -0.120. The summed E-state index contributed by atoms with van der Waals surface area (Å²) < 4.78 is 4.94. The topological polar surface area (TPSA) is 50.4 Å². The monoisotopic (exact) mass is 256 g/mol. The third-order valence-corrected chi connectivity index (χ3v) is 3.73. The van der Waals surface area contributed by atoms with E-state index in [2.05, 4.69) is 17.6 Å². The highest BCUT2D eigenvalue weighted by molar-refractivity contribution is 5.77. The van der Waals surface area contributed by atoms with Crippen LogP contribution >= 0.6 is 0 Å². The Hall–Kier alpha value is -0.610. The summed E-state index contributed by atoms with van der Waals surface area (Å²) in [5.74, 6) is 0.788. The van der Waals surface area contributed by atoms with Gasteiger partial charge in [-0.1, -0.05) is 26.2 Å². The molecule has 1 rings (SSSR count). The lowest BCUT2D eigenvalue weighted by Gasteiger charge is -2.22. The van der Waals surface area contributed by atoms with Crippen molar-refractivity contribution in [2.45, 2.75) is 51.5 Å². The van der Waals surface area contributed by atoms with Crippen molar-refractivity contribution in [3.63, 3.8) is 0 Å². The van der Waals surface area contributed by atoms with Crippen LogP contribution in [0.3, 0.4) is 0 Å². The smallest absolute Gasteiger partial charge is 0.233 e. The van der Waals surface area contributed by atoms with E-state index in [1.807, 2.05) is 0 Å². The molecule has 1 saturated carbocycles. The van der Waals surface area contributed by atoms with Gasteiger partial charge in [0.15, 0.2) is 0 Å². The summed E-state index contributed by atoms with van der Waals surface area (Å²) in [4.78, 5) is 11.6. The van der Waals surface area contributed by atoms with Gasteiger partial charge in [-0.3, -0.25) is 4.79 Å². The van der Waals surface area contributed by atoms with Gasteiger partial charge in [0.25, 0.3) is 0 Å². The number of methoxy groups -OCH3 is 1. The van der Waals surface area contributed by atoms with Crippen molar-refractivity contribution >= 4 is 5.91 Å². The van der Waals surface area contributed by atoms with Crippen LogP contribution in [0.2, 0.25) is 0 Å². The van der Waals surface area contributed by atoms with E-state index in [-0.39, 0.29) is 5.91 Å². The second-order valence-corrected chi connectivity index (χ2v) is 5.30. The summed E-state index contributed by atoms with van der Waals surface area (Å²) in [6, 6.07) is 0.511. The molecule has 0 spiro atoms. The molecule has 0 aromatic heterocycles. The molecule has 4 heteroatoms. The van der Waals surface area contributed by atoms with Crippen LogP contribution in [-0.4, -0.2) is 38.8 Å². The number of ether oxygens (including phenoxy) is 1. The van der Waals surface area contributed by atoms with Gasteiger partial charge >= 0.3 is 0 Å². The first-order valence-electron chi connectivity index (χ1n) is 7.23. The average Bonchev–Trinajstić information content (AvgIpc) is 2.57. The molecule has 106 valence electrons. The molecule has 1 aliphatic carbocycles. The van der Waals surface area contributed by atoms with Gasteiger partial charge in [-0.05, 0) is 25.2 Å². The van der Waals surface area contributed by atoms with Gasteiger partial charge in [-0.25, -0.2) is 0 Å². The van der Waals surface area contributed by atoms with Crippen LogP contribution in [-0.2, 0) is 9.53 Å². The summed E-state index contributed by atoms with van der Waals surface area (Å²) in [6.45, 7) is 4.14. The molecule has 2 N–H and O–H groups in total. The van der Waals surface area contributed by atoms with E-state index in [0.29, 0.717) is 31.7 Å². The molecular weight excluding hydrogens is 228 g/mol. The van der Waals surface area contributed by atoms with Gasteiger partial charge in [-0.15, -0.1) is 0 Å². The van der Waals surface area contributed by atoms with E-state index in [0.717, 1.165) is 6.42 Å². The third-order valence-electron chi connectivity index (χ3n) is 3.73. The molecule has 1 aliphatic rings. The first-order valence-corrected chi connectivity index (χ1v) is 7.23. The van der Waals surface area contributed by atoms with E-state index >= 15 is 0 Å². The van der Waals surface area contributed by atoms with Gasteiger partial charge in [0.1, 0.15) is 0 Å². The molecule has 2 unspecified atom stereocenters. The van der Waals surface area contributed by atoms with Crippen molar-refractivity contribution in [3.05, 3.63) is 0 Å². The summed E-state index contributed by atoms with van der Waals surface area (Å²) in [5.41, 5.74) is 0. The van der Waals surface area contributed by atoms with E-state index in [1.54, 1.807) is 7.11 Å². The molecule has 18 heavy (non-hydrogen) atoms. The van der Waals surface area contributed by atoms with Gasteiger partial charge in [0, 0.05) is 26.3 Å². The summed E-state index contributed by atoms with van der Waals surface area (Å²) in [5, 5.41) is 6.31. The zero-order valence-electron chi connectivity index (χ0n) is 11.8. The highest BCUT2D eigenvalue weighted by atomic mass is 16.5. The fourth-order valence-corrected chi connectivity index (χ4v) is 2.53. The molecule has 1 amide bonds. The molecule has 1 fully saturated rings. The van der Waals surface area contributed by atoms with Gasteiger partial charge in [-0.2, -0.15) is 0 Å². The fourth-order valence-electron chi connectivity index (χ4n) is 2.53. The second kappa shape index (κ2) is 9.34. The SMILES string of the molecule is COCCCNC(=O)CNC1CCCCCC1C. The molecule has 0 saturated heterocycles. The Kier molecular flexibility index (Phi) is 8.01. The molecule has 0 aromatic rings. The van der Waals surface area contributed by atoms with Crippen molar-refractivity contribution in [2.24, 2.45) is 5.92 Å². The van der Waals surface area contributed by atoms with Crippen molar-refractivity contribution in [1.82, 2.24) is 10.6 Å². The summed E-state index contributed by atoms with van der Waals surface area (Å²) >= 11 is 0. The van der Waals surface area contributed by atoms with Crippen molar-refractivity contribution < 1.29 is 9.53 Å². The lowest BCUT2D eigenvalue weighted by Crippen LogP contribution is -2.42. The molecule has 0 radical (unpaired) electrons. The molecule has 0 aromatic carbocycles. The van der Waals surface area contributed by atoms with Gasteiger partial charge < -0.3 is 15.4 Å². The van der Waals surface area contributed by atoms with Crippen LogP contribution in [0.15, 0.2) is 0 Å². The van der Waals surface area contributed by atoms with Gasteiger partial charge in [0.05, 0.1) is 6.54 Å². The van der Waals surface area contributed by atoms with E-state index in [4.69, 9.17) is 4.74 Å². The quantitative estimate of drug-likeness (QED) is 0.538. The van der Waals surface area contributed by atoms with Gasteiger partial charge in [0.2, 0.25) is 5.91 Å². The highest BCUT2D eigenvalue weighted by Gasteiger charge is 2.19. The molecule has 0 aliphatic heterocycles. The fraction of sp³-hybridized carbons (Fsp3) is 0.929. The number of carbonyl (C=O) groups excluding carboxylic acids is 1. The van der Waals surface area contributed by atoms with E-state index < -0.39 is 0 Å². The number of nitrogens with one attached hydrogen (secondary N) is 2. The first-order chi connectivity index (χ1) is 8.74. The Bertz CT molecular complexity index is 234. The molecule has 2 atom stereocenters. The molecular formula is C14H28N2O2. The van der Waals surface area contributed by atoms with Crippen molar-refractivity contribution in [3.8, 4) is 0 Å². The normalized spacial score (nSPS) is 24.6. The number of hydrogen-bond donors (Lipinski definition) is 2. The van der Waals surface area contributed by atoms with Crippen LogP contribution in [0.5, 0.6) is 0 Å². The Morgan fingerprint density at radius 2 is 2.06 bits per heavy atom. The largest absolute Gasteiger partial charge is 0.385 e. The Morgan fingerprint density at radius 3 is 2.83 bits per heavy atom. The minimum atomic E-state index is 0.0996. The lowest BCUT2D eigenvalue weighted by atomic mass is 9.97. The number of hydrogen-bond acceptors (Lipinski definition) is 3. The maximum Gasteiger partial charge on any atom is 0.233 e. The summed E-state index contributed by atoms with van der Waals surface area (Å²) in [6.07, 6.45) is 7.33. The Labute approximate surface area is 111 Å². The highest BCUT2D eigenvalue weighted by Crippen LogP contribution is 2.22. The zero-order chi connectivity index (χ0) is 13.2. The molecule has 0 bridgehead atoms. The Balaban J connectivity index is 2.12. The zero-order valence-corrected chi connectivity index (χ0v) is 11.8. The minimum Gasteiger partial charge on any atom is -0.385 e. The van der Waals surface area contributed by atoms with Crippen LogP contribution in [0.1, 0.15) is 45.4 Å². The van der Waals surface area contributed by atoms with Crippen molar-refractivity contribution in [2.75, 3.05) is 26.8 Å². The maximum absolute atomic E-state index is 11.6. The molecule has 0 heterocycles. The third kappa shape index (κ3) is 6.36. The Morgan fingerprint density at radius 1 is 1.28 bits per heavy atom. The first kappa shape index (κ1) is 15.4. The summed E-state index contributed by atoms with van der Waals surface area (Å²) in [7, 11) is 1.68. The minimum absolute atomic E-state index is 0.0996. The number of rotatable bonds is 7. The van der Waals surface area contributed by atoms with Crippen LogP contribution in [0, 0.1) is 5.92 Å². The van der Waals surface area contributed by atoms with E-state index in [1.165, 1.54) is 32.1 Å². The van der Waals surface area contributed by atoms with Crippen LogP contribution in [0.4, 0.5) is 0 Å². The predicted molar refractivity (Wildman–Crippen MR) is 73.5 cm³/mol. The predicted octanol–water partition coefficient (Wildman–Crippen LogP) is 1.70. The second-order valence-electron chi connectivity index (χ2n) is 5.30. The maximum atomic E-state index is 11.6. The van der Waals surface area contributed by atoms with E-state index in [9.17, 15) is 4.79 Å².